The first-order chi connectivity index (χ1) is 11.4. The zero-order valence-electron chi connectivity index (χ0n) is 12.9. The van der Waals surface area contributed by atoms with Gasteiger partial charge in [-0.25, -0.2) is 4.68 Å². The molecule has 2 aromatic rings. The molecule has 1 fully saturated rings. The molecule has 0 atom stereocenters. The molecule has 1 saturated heterocycles. The van der Waals surface area contributed by atoms with Gasteiger partial charge in [0.05, 0.1) is 17.4 Å². The Hall–Kier alpha value is -1.77. The highest BCUT2D eigenvalue weighted by Crippen LogP contribution is 2.34. The summed E-state index contributed by atoms with van der Waals surface area (Å²) in [5.74, 6) is -0.663. The van der Waals surface area contributed by atoms with E-state index in [0.717, 1.165) is 10.9 Å². The van der Waals surface area contributed by atoms with Gasteiger partial charge >= 0.3 is 6.18 Å². The number of amides is 1. The summed E-state index contributed by atoms with van der Waals surface area (Å²) in [4.78, 5) is 13.9. The highest BCUT2D eigenvalue weighted by atomic mass is 35.5. The van der Waals surface area contributed by atoms with Crippen LogP contribution in [0, 0.1) is 0 Å². The average molecular weight is 395 g/mol. The lowest BCUT2D eigenvalue weighted by atomic mass is 10.2. The lowest BCUT2D eigenvalue weighted by Gasteiger charge is -2.27. The molecule has 136 valence electrons. The summed E-state index contributed by atoms with van der Waals surface area (Å²) in [6.45, 7) is 1.83. The van der Waals surface area contributed by atoms with Gasteiger partial charge in [0.25, 0.3) is 5.91 Å². The number of nitrogens with zero attached hydrogens (tertiary/aromatic N) is 3. The minimum atomic E-state index is -4.71. The summed E-state index contributed by atoms with van der Waals surface area (Å²) in [6.07, 6.45) is -3.74. The van der Waals surface area contributed by atoms with Crippen LogP contribution in [0.15, 0.2) is 30.5 Å². The Labute approximate surface area is 153 Å². The molecule has 0 bridgehead atoms. The SMILES string of the molecule is Cl.O=C(c1cnn(-c2ccc(Cl)cc2)c1C(F)(F)F)N1CCNCC1. The number of aromatic nitrogens is 2. The fraction of sp³-hybridized carbons (Fsp3) is 0.333. The Morgan fingerprint density at radius 3 is 2.32 bits per heavy atom. The molecule has 10 heteroatoms. The van der Waals surface area contributed by atoms with Crippen LogP contribution in [0.1, 0.15) is 16.1 Å². The van der Waals surface area contributed by atoms with Crippen LogP contribution in [-0.4, -0.2) is 46.8 Å². The molecule has 1 aliphatic heterocycles. The molecule has 1 aromatic carbocycles. The van der Waals surface area contributed by atoms with Crippen LogP contribution < -0.4 is 5.32 Å². The van der Waals surface area contributed by atoms with E-state index in [1.165, 1.54) is 29.2 Å². The second-order valence-corrected chi connectivity index (χ2v) is 5.77. The fourth-order valence-corrected chi connectivity index (χ4v) is 2.72. The van der Waals surface area contributed by atoms with Gasteiger partial charge in [0.1, 0.15) is 0 Å². The van der Waals surface area contributed by atoms with Gasteiger partial charge in [-0.3, -0.25) is 4.79 Å². The van der Waals surface area contributed by atoms with E-state index in [1.54, 1.807) is 0 Å². The van der Waals surface area contributed by atoms with Crippen molar-refractivity contribution in [1.82, 2.24) is 20.0 Å². The van der Waals surface area contributed by atoms with E-state index < -0.39 is 23.3 Å². The molecule has 1 aliphatic rings. The first-order valence-corrected chi connectivity index (χ1v) is 7.67. The fourth-order valence-electron chi connectivity index (χ4n) is 2.59. The van der Waals surface area contributed by atoms with E-state index in [-0.39, 0.29) is 18.1 Å². The van der Waals surface area contributed by atoms with Gasteiger partial charge in [-0.2, -0.15) is 18.3 Å². The number of nitrogens with one attached hydrogen (secondary N) is 1. The minimum absolute atomic E-state index is 0. The van der Waals surface area contributed by atoms with Crippen molar-refractivity contribution in [3.05, 3.63) is 46.7 Å². The largest absolute Gasteiger partial charge is 0.434 e. The van der Waals surface area contributed by atoms with Crippen LogP contribution in [0.2, 0.25) is 5.02 Å². The van der Waals surface area contributed by atoms with Gasteiger partial charge < -0.3 is 10.2 Å². The van der Waals surface area contributed by atoms with Crippen molar-refractivity contribution >= 4 is 29.9 Å². The molecule has 0 radical (unpaired) electrons. The van der Waals surface area contributed by atoms with E-state index >= 15 is 0 Å². The molecule has 2 heterocycles. The third-order valence-electron chi connectivity index (χ3n) is 3.74. The third kappa shape index (κ3) is 4.08. The van der Waals surface area contributed by atoms with Gasteiger partial charge in [-0.15, -0.1) is 12.4 Å². The number of hydrogen-bond acceptors (Lipinski definition) is 3. The molecule has 5 nitrogen and oxygen atoms in total. The van der Waals surface area contributed by atoms with Crippen LogP contribution in [0.3, 0.4) is 0 Å². The molecule has 0 saturated carbocycles. The normalized spacial score (nSPS) is 15.0. The number of carbonyl (C=O) groups is 1. The van der Waals surface area contributed by atoms with Gasteiger partial charge in [-0.05, 0) is 24.3 Å². The molecule has 0 spiro atoms. The van der Waals surface area contributed by atoms with Gasteiger partial charge in [-0.1, -0.05) is 11.6 Å². The second kappa shape index (κ2) is 7.63. The molecule has 1 amide bonds. The van der Waals surface area contributed by atoms with Crippen LogP contribution in [0.4, 0.5) is 13.2 Å². The number of halogens is 5. The smallest absolute Gasteiger partial charge is 0.336 e. The highest BCUT2D eigenvalue weighted by molar-refractivity contribution is 6.30. The Morgan fingerprint density at radius 2 is 1.76 bits per heavy atom. The second-order valence-electron chi connectivity index (χ2n) is 5.34. The molecule has 0 unspecified atom stereocenters. The van der Waals surface area contributed by atoms with Crippen molar-refractivity contribution < 1.29 is 18.0 Å². The van der Waals surface area contributed by atoms with Gasteiger partial charge in [0, 0.05) is 31.2 Å². The number of piperazine rings is 1. The summed E-state index contributed by atoms with van der Waals surface area (Å²) < 4.78 is 41.4. The monoisotopic (exact) mass is 394 g/mol. The number of rotatable bonds is 2. The summed E-state index contributed by atoms with van der Waals surface area (Å²) in [6, 6.07) is 5.78. The zero-order chi connectivity index (χ0) is 17.3. The Balaban J connectivity index is 0.00000225. The molecule has 1 N–H and O–H groups in total. The standard InChI is InChI=1S/C15H14ClF3N4O.ClH/c16-10-1-3-11(4-2-10)23-13(15(17,18)19)12(9-21-23)14(24)22-7-5-20-6-8-22;/h1-4,9,20H,5-8H2;1H. The summed E-state index contributed by atoms with van der Waals surface area (Å²) in [7, 11) is 0. The lowest BCUT2D eigenvalue weighted by Crippen LogP contribution is -2.46. The topological polar surface area (TPSA) is 50.2 Å². The van der Waals surface area contributed by atoms with Crippen LogP contribution >= 0.6 is 24.0 Å². The van der Waals surface area contributed by atoms with Gasteiger partial charge in [0.2, 0.25) is 0 Å². The van der Waals surface area contributed by atoms with E-state index in [9.17, 15) is 18.0 Å². The number of hydrogen-bond donors (Lipinski definition) is 1. The average Bonchev–Trinajstić information content (AvgIpc) is 3.01. The molecular weight excluding hydrogens is 380 g/mol. The van der Waals surface area contributed by atoms with E-state index in [0.29, 0.717) is 31.2 Å². The minimum Gasteiger partial charge on any atom is -0.336 e. The van der Waals surface area contributed by atoms with Crippen molar-refractivity contribution in [3.63, 3.8) is 0 Å². The van der Waals surface area contributed by atoms with E-state index in [2.05, 4.69) is 10.4 Å². The van der Waals surface area contributed by atoms with E-state index in [4.69, 9.17) is 11.6 Å². The Bertz CT molecular complexity index is 740. The summed E-state index contributed by atoms with van der Waals surface area (Å²) in [5.41, 5.74) is -1.33. The molecule has 0 aliphatic carbocycles. The maximum Gasteiger partial charge on any atom is 0.434 e. The van der Waals surface area contributed by atoms with Crippen LogP contribution in [0.25, 0.3) is 5.69 Å². The molecule has 1 aromatic heterocycles. The van der Waals surface area contributed by atoms with Crippen molar-refractivity contribution in [3.8, 4) is 5.69 Å². The van der Waals surface area contributed by atoms with Crippen molar-refractivity contribution in [2.45, 2.75) is 6.18 Å². The highest BCUT2D eigenvalue weighted by Gasteiger charge is 2.41. The van der Waals surface area contributed by atoms with Crippen LogP contribution in [-0.2, 0) is 6.18 Å². The summed E-state index contributed by atoms with van der Waals surface area (Å²) >= 11 is 5.77. The lowest BCUT2D eigenvalue weighted by molar-refractivity contribution is -0.143. The first-order valence-electron chi connectivity index (χ1n) is 7.29. The Kier molecular flexibility index (Phi) is 5.97. The molecule has 25 heavy (non-hydrogen) atoms. The van der Waals surface area contributed by atoms with Crippen molar-refractivity contribution in [2.24, 2.45) is 0 Å². The number of alkyl halides is 3. The zero-order valence-corrected chi connectivity index (χ0v) is 14.5. The maximum atomic E-state index is 13.6. The first kappa shape index (κ1) is 19.6. The number of benzene rings is 1. The quantitative estimate of drug-likeness (QED) is 0.851. The molecule has 3 rings (SSSR count). The van der Waals surface area contributed by atoms with Crippen LogP contribution in [0.5, 0.6) is 0 Å². The maximum absolute atomic E-state index is 13.6. The summed E-state index contributed by atoms with van der Waals surface area (Å²) in [5, 5.41) is 7.24. The third-order valence-corrected chi connectivity index (χ3v) is 4.00. The van der Waals surface area contributed by atoms with E-state index in [1.807, 2.05) is 0 Å². The predicted octanol–water partition coefficient (Wildman–Crippen LogP) is 3.01. The number of carbonyl (C=O) groups excluding carboxylic acids is 1. The van der Waals surface area contributed by atoms with Crippen molar-refractivity contribution in [1.29, 1.82) is 0 Å². The Morgan fingerprint density at radius 1 is 1.16 bits per heavy atom. The van der Waals surface area contributed by atoms with Gasteiger partial charge in [0.15, 0.2) is 5.69 Å². The van der Waals surface area contributed by atoms with Crippen molar-refractivity contribution in [2.75, 3.05) is 26.2 Å². The molecular formula is C15H15Cl2F3N4O. The predicted molar refractivity (Wildman–Crippen MR) is 89.6 cm³/mol.